The highest BCUT2D eigenvalue weighted by atomic mass is 32.2. The lowest BCUT2D eigenvalue weighted by molar-refractivity contribution is 0.600. The predicted molar refractivity (Wildman–Crippen MR) is 62.7 cm³/mol. The molecule has 0 fully saturated rings. The smallest absolute Gasteiger partial charge is 0.267 e. The van der Waals surface area contributed by atoms with Gasteiger partial charge >= 0.3 is 0 Å². The number of anilines is 2. The van der Waals surface area contributed by atoms with Crippen LogP contribution in [0.15, 0.2) is 35.6 Å². The minimum Gasteiger partial charge on any atom is -0.307 e. The van der Waals surface area contributed by atoms with E-state index in [1.165, 1.54) is 30.7 Å². The Morgan fingerprint density at radius 3 is 2.67 bits per heavy atom. The van der Waals surface area contributed by atoms with Gasteiger partial charge in [-0.1, -0.05) is 0 Å². The molecule has 4 N–H and O–H groups in total. The van der Waals surface area contributed by atoms with E-state index < -0.39 is 10.0 Å². The van der Waals surface area contributed by atoms with Crippen LogP contribution in [0.2, 0.25) is 0 Å². The maximum atomic E-state index is 12.0. The standard InChI is InChI=1S/C8H9N7O2S/c9-13-7-6(2-1-3-10-7)18(16,17)15-8-11-4-5-12-14-8/h1-5H,9H2,(H,10,13)(H,11,14,15). The Labute approximate surface area is 103 Å². The zero-order chi connectivity index (χ0) is 13.0. The summed E-state index contributed by atoms with van der Waals surface area (Å²) >= 11 is 0. The first-order valence-corrected chi connectivity index (χ1v) is 6.20. The van der Waals surface area contributed by atoms with Crippen molar-refractivity contribution < 1.29 is 8.42 Å². The molecule has 0 spiro atoms. The summed E-state index contributed by atoms with van der Waals surface area (Å²) in [6.07, 6.45) is 4.06. The highest BCUT2D eigenvalue weighted by Gasteiger charge is 2.20. The number of nitrogen functional groups attached to an aromatic ring is 1. The molecule has 0 saturated carbocycles. The van der Waals surface area contributed by atoms with E-state index in [4.69, 9.17) is 5.84 Å². The molecule has 10 heteroatoms. The Kier molecular flexibility index (Phi) is 3.30. The van der Waals surface area contributed by atoms with Gasteiger partial charge in [-0.25, -0.2) is 29.0 Å². The van der Waals surface area contributed by atoms with Gasteiger partial charge in [0.2, 0.25) is 0 Å². The van der Waals surface area contributed by atoms with Gasteiger partial charge in [0.25, 0.3) is 16.0 Å². The summed E-state index contributed by atoms with van der Waals surface area (Å²) in [5.41, 5.74) is 2.20. The average molecular weight is 267 g/mol. The highest BCUT2D eigenvalue weighted by Crippen LogP contribution is 2.18. The largest absolute Gasteiger partial charge is 0.307 e. The minimum absolute atomic E-state index is 0.0221. The van der Waals surface area contributed by atoms with Gasteiger partial charge in [-0.15, -0.1) is 5.10 Å². The number of sulfonamides is 1. The van der Waals surface area contributed by atoms with Crippen LogP contribution in [-0.4, -0.2) is 28.6 Å². The van der Waals surface area contributed by atoms with Crippen molar-refractivity contribution >= 4 is 21.8 Å². The summed E-state index contributed by atoms with van der Waals surface area (Å²) in [5.74, 6) is 5.08. The molecule has 0 aliphatic carbocycles. The molecule has 0 saturated heterocycles. The molecule has 2 aromatic rings. The molecule has 2 heterocycles. The fourth-order valence-electron chi connectivity index (χ4n) is 1.19. The Bertz CT molecular complexity index is 631. The van der Waals surface area contributed by atoms with E-state index in [0.717, 1.165) is 0 Å². The van der Waals surface area contributed by atoms with Crippen LogP contribution in [0.3, 0.4) is 0 Å². The summed E-state index contributed by atoms with van der Waals surface area (Å²) < 4.78 is 26.2. The van der Waals surface area contributed by atoms with Crippen LogP contribution >= 0.6 is 0 Å². The van der Waals surface area contributed by atoms with Crippen molar-refractivity contribution in [1.29, 1.82) is 0 Å². The monoisotopic (exact) mass is 267 g/mol. The van der Waals surface area contributed by atoms with Gasteiger partial charge in [0.05, 0.1) is 12.4 Å². The second kappa shape index (κ2) is 4.89. The van der Waals surface area contributed by atoms with Crippen molar-refractivity contribution in [2.75, 3.05) is 10.1 Å². The molecule has 2 rings (SSSR count). The van der Waals surface area contributed by atoms with Crippen LogP contribution in [0.5, 0.6) is 0 Å². The number of hydrogen-bond donors (Lipinski definition) is 3. The zero-order valence-corrected chi connectivity index (χ0v) is 9.79. The molecule has 0 aliphatic rings. The van der Waals surface area contributed by atoms with Gasteiger partial charge in [0.15, 0.2) is 5.82 Å². The van der Waals surface area contributed by atoms with Gasteiger partial charge in [-0.05, 0) is 12.1 Å². The lowest BCUT2D eigenvalue weighted by Crippen LogP contribution is -2.19. The van der Waals surface area contributed by atoms with E-state index in [2.05, 4.69) is 30.3 Å². The quantitative estimate of drug-likeness (QED) is 0.491. The van der Waals surface area contributed by atoms with E-state index in [1.54, 1.807) is 0 Å². The van der Waals surface area contributed by atoms with Crippen LogP contribution in [0.4, 0.5) is 11.8 Å². The van der Waals surface area contributed by atoms with Crippen LogP contribution < -0.4 is 16.0 Å². The number of rotatable bonds is 4. The molecule has 0 aromatic carbocycles. The normalized spacial score (nSPS) is 10.9. The van der Waals surface area contributed by atoms with Crippen molar-refractivity contribution in [2.45, 2.75) is 4.90 Å². The number of nitrogens with zero attached hydrogens (tertiary/aromatic N) is 4. The third-order valence-corrected chi connectivity index (χ3v) is 3.26. The summed E-state index contributed by atoms with van der Waals surface area (Å²) in [5, 5.41) is 7.03. The molecule has 0 bridgehead atoms. The Morgan fingerprint density at radius 1 is 1.17 bits per heavy atom. The molecular weight excluding hydrogens is 258 g/mol. The summed E-state index contributed by atoms with van der Waals surface area (Å²) in [4.78, 5) is 7.39. The summed E-state index contributed by atoms with van der Waals surface area (Å²) in [7, 11) is -3.88. The van der Waals surface area contributed by atoms with Gasteiger partial charge < -0.3 is 5.43 Å². The number of pyridine rings is 1. The Morgan fingerprint density at radius 2 is 2.00 bits per heavy atom. The lowest BCUT2D eigenvalue weighted by atomic mass is 10.5. The third kappa shape index (κ3) is 2.49. The Balaban J connectivity index is 2.37. The number of hydrazine groups is 1. The maximum Gasteiger partial charge on any atom is 0.267 e. The second-order valence-electron chi connectivity index (χ2n) is 3.07. The topological polar surface area (TPSA) is 136 Å². The minimum atomic E-state index is -3.88. The van der Waals surface area contributed by atoms with Crippen LogP contribution in [0.25, 0.3) is 0 Å². The molecule has 94 valence electrons. The van der Waals surface area contributed by atoms with Gasteiger partial charge in [-0.3, -0.25) is 0 Å². The van der Waals surface area contributed by atoms with Crippen molar-refractivity contribution in [3.8, 4) is 0 Å². The number of hydrogen-bond acceptors (Lipinski definition) is 8. The zero-order valence-electron chi connectivity index (χ0n) is 8.98. The predicted octanol–water partition coefficient (Wildman–Crippen LogP) is -0.647. The molecule has 0 aliphatic heterocycles. The van der Waals surface area contributed by atoms with E-state index in [1.807, 2.05) is 0 Å². The summed E-state index contributed by atoms with van der Waals surface area (Å²) in [6, 6.07) is 2.82. The second-order valence-corrected chi connectivity index (χ2v) is 4.72. The van der Waals surface area contributed by atoms with E-state index in [9.17, 15) is 8.42 Å². The molecule has 0 atom stereocenters. The van der Waals surface area contributed by atoms with E-state index >= 15 is 0 Å². The van der Waals surface area contributed by atoms with Crippen molar-refractivity contribution in [2.24, 2.45) is 5.84 Å². The van der Waals surface area contributed by atoms with Crippen molar-refractivity contribution in [1.82, 2.24) is 20.2 Å². The van der Waals surface area contributed by atoms with Crippen LogP contribution in [-0.2, 0) is 10.0 Å². The molecule has 18 heavy (non-hydrogen) atoms. The number of aromatic nitrogens is 4. The first-order valence-electron chi connectivity index (χ1n) is 4.71. The Hall–Kier alpha value is -2.33. The SMILES string of the molecule is NNc1ncccc1S(=O)(=O)Nc1nccnn1. The fraction of sp³-hybridized carbons (Fsp3) is 0. The third-order valence-electron chi connectivity index (χ3n) is 1.91. The molecule has 0 unspecified atom stereocenters. The highest BCUT2D eigenvalue weighted by molar-refractivity contribution is 7.92. The molecule has 9 nitrogen and oxygen atoms in total. The van der Waals surface area contributed by atoms with Gasteiger partial charge in [0.1, 0.15) is 4.90 Å². The van der Waals surface area contributed by atoms with Gasteiger partial charge in [-0.2, -0.15) is 5.10 Å². The van der Waals surface area contributed by atoms with Crippen molar-refractivity contribution in [3.05, 3.63) is 30.7 Å². The van der Waals surface area contributed by atoms with Crippen LogP contribution in [0.1, 0.15) is 0 Å². The first kappa shape index (κ1) is 12.1. The fourth-order valence-corrected chi connectivity index (χ4v) is 2.25. The summed E-state index contributed by atoms with van der Waals surface area (Å²) in [6.45, 7) is 0. The van der Waals surface area contributed by atoms with E-state index in [-0.39, 0.29) is 16.7 Å². The lowest BCUT2D eigenvalue weighted by Gasteiger charge is -2.08. The average Bonchev–Trinajstić information content (AvgIpc) is 2.39. The molecule has 0 amide bonds. The first-order chi connectivity index (χ1) is 8.63. The molecular formula is C8H9N7O2S. The van der Waals surface area contributed by atoms with Crippen molar-refractivity contribution in [3.63, 3.8) is 0 Å². The van der Waals surface area contributed by atoms with Gasteiger partial charge in [0, 0.05) is 6.20 Å². The number of nitrogens with one attached hydrogen (secondary N) is 2. The maximum absolute atomic E-state index is 12.0. The molecule has 2 aromatic heterocycles. The van der Waals surface area contributed by atoms with Crippen LogP contribution in [0, 0.1) is 0 Å². The number of nitrogens with two attached hydrogens (primary N) is 1. The van der Waals surface area contributed by atoms with E-state index in [0.29, 0.717) is 0 Å². The molecule has 0 radical (unpaired) electrons.